The Kier molecular flexibility index (Phi) is 6.81. The summed E-state index contributed by atoms with van der Waals surface area (Å²) in [6.07, 6.45) is 3.20. The molecule has 1 heterocycles. The minimum Gasteiger partial charge on any atom is -0.456 e. The van der Waals surface area contributed by atoms with Gasteiger partial charge in [-0.1, -0.05) is 12.8 Å². The molecule has 1 aliphatic carbocycles. The fourth-order valence-corrected chi connectivity index (χ4v) is 3.91. The Morgan fingerprint density at radius 1 is 0.967 bits per heavy atom. The van der Waals surface area contributed by atoms with Crippen molar-refractivity contribution in [1.82, 2.24) is 4.90 Å². The number of nitrogens with zero attached hydrogens (tertiary/aromatic N) is 1. The number of likely N-dealkylation sites (tertiary alicyclic amines) is 1. The van der Waals surface area contributed by atoms with Gasteiger partial charge in [0.1, 0.15) is 0 Å². The molecule has 0 aromatic heterocycles. The highest BCUT2D eigenvalue weighted by Crippen LogP contribution is 2.37. The van der Waals surface area contributed by atoms with E-state index in [1.807, 2.05) is 0 Å². The number of esters is 1. The summed E-state index contributed by atoms with van der Waals surface area (Å²) in [7, 11) is 0. The van der Waals surface area contributed by atoms with Gasteiger partial charge in [-0.3, -0.25) is 28.9 Å². The van der Waals surface area contributed by atoms with E-state index in [-0.39, 0.29) is 42.5 Å². The van der Waals surface area contributed by atoms with Crippen LogP contribution in [0.3, 0.4) is 0 Å². The van der Waals surface area contributed by atoms with E-state index < -0.39 is 18.5 Å². The van der Waals surface area contributed by atoms with Crippen molar-refractivity contribution < 1.29 is 28.7 Å². The minimum atomic E-state index is -0.651. The van der Waals surface area contributed by atoms with Crippen molar-refractivity contribution in [3.63, 3.8) is 0 Å². The Bertz CT molecular complexity index is 827. The third kappa shape index (κ3) is 5.22. The van der Waals surface area contributed by atoms with Crippen LogP contribution in [0.5, 0.6) is 0 Å². The van der Waals surface area contributed by atoms with Crippen LogP contribution < -0.4 is 10.6 Å². The SMILES string of the molecule is CC(=O)Nc1ccc(NC(=O)COC(=O)CCN2C(=O)[C@@H]3CCCC[C@H]3C2=O)cc1. The molecule has 30 heavy (non-hydrogen) atoms. The summed E-state index contributed by atoms with van der Waals surface area (Å²) in [5, 5.41) is 5.19. The highest BCUT2D eigenvalue weighted by atomic mass is 16.5. The molecule has 1 aliphatic heterocycles. The lowest BCUT2D eigenvalue weighted by Gasteiger charge is -2.19. The van der Waals surface area contributed by atoms with Crippen LogP contribution >= 0.6 is 0 Å². The van der Waals surface area contributed by atoms with Crippen LogP contribution in [0.1, 0.15) is 39.0 Å². The third-order valence-electron chi connectivity index (χ3n) is 5.33. The van der Waals surface area contributed by atoms with E-state index in [9.17, 15) is 24.0 Å². The van der Waals surface area contributed by atoms with E-state index in [1.54, 1.807) is 24.3 Å². The monoisotopic (exact) mass is 415 g/mol. The maximum atomic E-state index is 12.4. The standard InChI is InChI=1S/C21H25N3O6/c1-13(25)22-14-6-8-15(9-7-14)23-18(26)12-30-19(27)10-11-24-20(28)16-4-2-3-5-17(16)21(24)29/h6-9,16-17H,2-5,10-12H2,1H3,(H,22,25)(H,23,26)/t16-,17-/m1/s1. The summed E-state index contributed by atoms with van der Waals surface area (Å²) in [4.78, 5) is 60.8. The van der Waals surface area contributed by atoms with Crippen LogP contribution in [-0.4, -0.2) is 47.6 Å². The first-order valence-corrected chi connectivity index (χ1v) is 10.0. The van der Waals surface area contributed by atoms with E-state index >= 15 is 0 Å². The number of hydrogen-bond acceptors (Lipinski definition) is 6. The number of hydrogen-bond donors (Lipinski definition) is 2. The summed E-state index contributed by atoms with van der Waals surface area (Å²) < 4.78 is 4.94. The van der Waals surface area contributed by atoms with Gasteiger partial charge in [0.25, 0.3) is 5.91 Å². The number of fused-ring (bicyclic) bond motifs is 1. The quantitative estimate of drug-likeness (QED) is 0.516. The molecular formula is C21H25N3O6. The smallest absolute Gasteiger partial charge is 0.308 e. The molecule has 2 fully saturated rings. The van der Waals surface area contributed by atoms with Gasteiger partial charge in [-0.25, -0.2) is 0 Å². The van der Waals surface area contributed by atoms with Gasteiger partial charge in [-0.2, -0.15) is 0 Å². The minimum absolute atomic E-state index is 0.0181. The van der Waals surface area contributed by atoms with Crippen LogP contribution in [0.4, 0.5) is 11.4 Å². The second kappa shape index (κ2) is 9.51. The summed E-state index contributed by atoms with van der Waals surface area (Å²) in [5.74, 6) is -2.25. The highest BCUT2D eigenvalue weighted by molar-refractivity contribution is 6.05. The fraction of sp³-hybridized carbons (Fsp3) is 0.476. The lowest BCUT2D eigenvalue weighted by molar-refractivity contribution is -0.148. The molecule has 2 aliphatic rings. The highest BCUT2D eigenvalue weighted by Gasteiger charge is 2.47. The Labute approximate surface area is 174 Å². The van der Waals surface area contributed by atoms with E-state index in [0.29, 0.717) is 11.4 Å². The van der Waals surface area contributed by atoms with Gasteiger partial charge in [0.15, 0.2) is 6.61 Å². The van der Waals surface area contributed by atoms with Crippen molar-refractivity contribution in [2.75, 3.05) is 23.8 Å². The van der Waals surface area contributed by atoms with Crippen LogP contribution in [0.15, 0.2) is 24.3 Å². The summed E-state index contributed by atoms with van der Waals surface area (Å²) >= 11 is 0. The number of ether oxygens (including phenoxy) is 1. The molecule has 9 heteroatoms. The molecular weight excluding hydrogens is 390 g/mol. The van der Waals surface area contributed by atoms with Gasteiger partial charge in [-0.05, 0) is 37.1 Å². The first-order valence-electron chi connectivity index (χ1n) is 10.0. The molecule has 9 nitrogen and oxygen atoms in total. The van der Waals surface area contributed by atoms with Crippen LogP contribution in [0.25, 0.3) is 0 Å². The molecule has 1 aromatic rings. The molecule has 0 unspecified atom stereocenters. The summed E-state index contributed by atoms with van der Waals surface area (Å²) in [6.45, 7) is 0.905. The molecule has 1 aromatic carbocycles. The fourth-order valence-electron chi connectivity index (χ4n) is 3.91. The lowest BCUT2D eigenvalue weighted by Crippen LogP contribution is -2.33. The van der Waals surface area contributed by atoms with Crippen molar-refractivity contribution in [3.05, 3.63) is 24.3 Å². The van der Waals surface area contributed by atoms with Crippen LogP contribution in [0.2, 0.25) is 0 Å². The molecule has 1 saturated carbocycles. The lowest BCUT2D eigenvalue weighted by atomic mass is 9.81. The number of carbonyl (C=O) groups excluding carboxylic acids is 5. The Balaban J connectivity index is 1.40. The second-order valence-electron chi connectivity index (χ2n) is 7.54. The van der Waals surface area contributed by atoms with Gasteiger partial charge in [-0.15, -0.1) is 0 Å². The number of anilines is 2. The van der Waals surface area contributed by atoms with Crippen molar-refractivity contribution in [3.8, 4) is 0 Å². The molecule has 0 radical (unpaired) electrons. The number of nitrogens with one attached hydrogen (secondary N) is 2. The first kappa shape index (κ1) is 21.5. The zero-order valence-corrected chi connectivity index (χ0v) is 16.8. The number of imide groups is 1. The average molecular weight is 415 g/mol. The summed E-state index contributed by atoms with van der Waals surface area (Å²) in [6, 6.07) is 6.47. The number of carbonyl (C=O) groups is 5. The molecule has 0 bridgehead atoms. The van der Waals surface area contributed by atoms with E-state index in [2.05, 4.69) is 10.6 Å². The van der Waals surface area contributed by atoms with Gasteiger partial charge >= 0.3 is 5.97 Å². The Morgan fingerprint density at radius 2 is 1.50 bits per heavy atom. The number of amides is 4. The van der Waals surface area contributed by atoms with E-state index in [4.69, 9.17) is 4.74 Å². The van der Waals surface area contributed by atoms with Gasteiger partial charge in [0, 0.05) is 24.8 Å². The molecule has 3 rings (SSSR count). The van der Waals surface area contributed by atoms with Gasteiger partial charge < -0.3 is 15.4 Å². The number of benzene rings is 1. The zero-order chi connectivity index (χ0) is 21.7. The number of rotatable bonds is 7. The molecule has 0 spiro atoms. The van der Waals surface area contributed by atoms with Crippen molar-refractivity contribution in [2.45, 2.75) is 39.0 Å². The molecule has 2 N–H and O–H groups in total. The zero-order valence-electron chi connectivity index (χ0n) is 16.8. The largest absolute Gasteiger partial charge is 0.456 e. The maximum absolute atomic E-state index is 12.4. The van der Waals surface area contributed by atoms with Gasteiger partial charge in [0.2, 0.25) is 17.7 Å². The first-order chi connectivity index (χ1) is 14.3. The van der Waals surface area contributed by atoms with Crippen LogP contribution in [-0.2, 0) is 28.7 Å². The molecule has 4 amide bonds. The third-order valence-corrected chi connectivity index (χ3v) is 5.33. The topological polar surface area (TPSA) is 122 Å². The van der Waals surface area contributed by atoms with Crippen molar-refractivity contribution in [1.29, 1.82) is 0 Å². The van der Waals surface area contributed by atoms with E-state index in [1.165, 1.54) is 11.8 Å². The van der Waals surface area contributed by atoms with Crippen molar-refractivity contribution >= 4 is 41.0 Å². The van der Waals surface area contributed by atoms with Crippen LogP contribution in [0, 0.1) is 11.8 Å². The molecule has 2 atom stereocenters. The van der Waals surface area contributed by atoms with Crippen molar-refractivity contribution in [2.24, 2.45) is 11.8 Å². The Hall–Kier alpha value is -3.23. The van der Waals surface area contributed by atoms with Gasteiger partial charge in [0.05, 0.1) is 18.3 Å². The second-order valence-corrected chi connectivity index (χ2v) is 7.54. The maximum Gasteiger partial charge on any atom is 0.308 e. The normalized spacial score (nSPS) is 20.5. The average Bonchev–Trinajstić information content (AvgIpc) is 2.96. The Morgan fingerprint density at radius 3 is 2.03 bits per heavy atom. The van der Waals surface area contributed by atoms with E-state index in [0.717, 1.165) is 25.7 Å². The molecule has 160 valence electrons. The predicted octanol–water partition coefficient (Wildman–Crippen LogP) is 1.69. The molecule has 1 saturated heterocycles. The summed E-state index contributed by atoms with van der Waals surface area (Å²) in [5.41, 5.74) is 1.08. The predicted molar refractivity (Wildman–Crippen MR) is 107 cm³/mol.